The van der Waals surface area contributed by atoms with E-state index in [-0.39, 0.29) is 0 Å². The maximum Gasteiger partial charge on any atom is 0.0149 e. The summed E-state index contributed by atoms with van der Waals surface area (Å²) < 4.78 is 0. The smallest absolute Gasteiger partial charge is 0.0149 e. The van der Waals surface area contributed by atoms with Crippen molar-refractivity contribution < 1.29 is 0 Å². The molecule has 0 aromatic carbocycles. The Morgan fingerprint density at radius 3 is 2.61 bits per heavy atom. The summed E-state index contributed by atoms with van der Waals surface area (Å²) in [4.78, 5) is 2.69. The van der Waals surface area contributed by atoms with Crippen molar-refractivity contribution in [3.63, 3.8) is 0 Å². The van der Waals surface area contributed by atoms with Crippen molar-refractivity contribution in [2.45, 2.75) is 50.5 Å². The quantitative estimate of drug-likeness (QED) is 0.846. The predicted molar refractivity (Wildman–Crippen MR) is 82.3 cm³/mol. The molecule has 0 amide bonds. The van der Waals surface area contributed by atoms with Gasteiger partial charge in [-0.25, -0.2) is 0 Å². The third-order valence-electron chi connectivity index (χ3n) is 4.54. The molecular formula is C15H30N2S. The number of piperidine rings is 1. The first kappa shape index (κ1) is 14.7. The van der Waals surface area contributed by atoms with Gasteiger partial charge in [0.05, 0.1) is 0 Å². The second-order valence-electron chi connectivity index (χ2n) is 6.39. The second-order valence-corrected chi connectivity index (χ2v) is 8.27. The van der Waals surface area contributed by atoms with E-state index in [4.69, 9.17) is 0 Å². The summed E-state index contributed by atoms with van der Waals surface area (Å²) in [6, 6.07) is 0. The highest BCUT2D eigenvalue weighted by atomic mass is 32.2. The van der Waals surface area contributed by atoms with Crippen LogP contribution in [-0.4, -0.2) is 48.1 Å². The number of nitrogens with one attached hydrogen (secondary N) is 1. The van der Waals surface area contributed by atoms with Gasteiger partial charge in [-0.1, -0.05) is 20.8 Å². The fourth-order valence-electron chi connectivity index (χ4n) is 3.45. The highest BCUT2D eigenvalue weighted by Gasteiger charge is 2.24. The van der Waals surface area contributed by atoms with Crippen molar-refractivity contribution in [3.8, 4) is 0 Å². The summed E-state index contributed by atoms with van der Waals surface area (Å²) >= 11 is 2.16. The van der Waals surface area contributed by atoms with Gasteiger partial charge in [0, 0.05) is 23.6 Å². The molecule has 0 spiro atoms. The summed E-state index contributed by atoms with van der Waals surface area (Å²) in [5, 5.41) is 5.19. The Morgan fingerprint density at radius 2 is 2.00 bits per heavy atom. The highest BCUT2D eigenvalue weighted by Crippen LogP contribution is 2.27. The molecule has 2 rings (SSSR count). The van der Waals surface area contributed by atoms with Crippen LogP contribution < -0.4 is 5.32 Å². The minimum atomic E-state index is 0.820. The molecule has 1 N–H and O–H groups in total. The Labute approximate surface area is 117 Å². The van der Waals surface area contributed by atoms with Gasteiger partial charge in [0.15, 0.2) is 0 Å². The number of rotatable bonds is 4. The van der Waals surface area contributed by atoms with Crippen molar-refractivity contribution in [1.29, 1.82) is 0 Å². The largest absolute Gasteiger partial charge is 0.316 e. The van der Waals surface area contributed by atoms with E-state index < -0.39 is 0 Å². The number of hydrogen-bond donors (Lipinski definition) is 1. The SMILES string of the molecule is CC1CN(CCC(C)C2CCCNC2)CC(C)S1. The molecule has 2 aliphatic rings. The molecule has 4 atom stereocenters. The normalized spacial score (nSPS) is 36.5. The first-order valence-corrected chi connectivity index (χ1v) is 8.68. The molecule has 0 saturated carbocycles. The minimum Gasteiger partial charge on any atom is -0.316 e. The monoisotopic (exact) mass is 270 g/mol. The molecule has 0 radical (unpaired) electrons. The molecule has 106 valence electrons. The maximum absolute atomic E-state index is 3.55. The Bertz CT molecular complexity index is 231. The van der Waals surface area contributed by atoms with E-state index >= 15 is 0 Å². The van der Waals surface area contributed by atoms with E-state index in [1.807, 2.05) is 0 Å². The van der Waals surface area contributed by atoms with E-state index in [9.17, 15) is 0 Å². The zero-order valence-electron chi connectivity index (χ0n) is 12.3. The Morgan fingerprint density at radius 1 is 1.28 bits per heavy atom. The molecule has 2 nitrogen and oxygen atoms in total. The highest BCUT2D eigenvalue weighted by molar-refractivity contribution is 8.00. The summed E-state index contributed by atoms with van der Waals surface area (Å²) in [6.45, 7) is 13.6. The fraction of sp³-hybridized carbons (Fsp3) is 1.00. The average Bonchev–Trinajstić information content (AvgIpc) is 2.36. The van der Waals surface area contributed by atoms with Crippen LogP contribution in [0.25, 0.3) is 0 Å². The van der Waals surface area contributed by atoms with Crippen molar-refractivity contribution in [3.05, 3.63) is 0 Å². The number of nitrogens with zero attached hydrogens (tertiary/aromatic N) is 1. The lowest BCUT2D eigenvalue weighted by Crippen LogP contribution is -2.42. The molecule has 2 fully saturated rings. The first-order chi connectivity index (χ1) is 8.65. The Hall–Kier alpha value is 0.270. The summed E-state index contributed by atoms with van der Waals surface area (Å²) in [7, 11) is 0. The third kappa shape index (κ3) is 4.43. The number of thioether (sulfide) groups is 1. The zero-order chi connectivity index (χ0) is 13.0. The third-order valence-corrected chi connectivity index (χ3v) is 5.76. The van der Waals surface area contributed by atoms with Gasteiger partial charge in [-0.05, 0) is 50.7 Å². The Balaban J connectivity index is 1.69. The van der Waals surface area contributed by atoms with Crippen LogP contribution in [0.5, 0.6) is 0 Å². The predicted octanol–water partition coefficient (Wildman–Crippen LogP) is 2.84. The van der Waals surface area contributed by atoms with E-state index in [1.165, 1.54) is 52.0 Å². The van der Waals surface area contributed by atoms with Gasteiger partial charge >= 0.3 is 0 Å². The van der Waals surface area contributed by atoms with Crippen LogP contribution in [0.2, 0.25) is 0 Å². The van der Waals surface area contributed by atoms with E-state index in [0.29, 0.717) is 0 Å². The molecule has 0 bridgehead atoms. The lowest BCUT2D eigenvalue weighted by molar-refractivity contribution is 0.211. The van der Waals surface area contributed by atoms with E-state index in [1.54, 1.807) is 0 Å². The molecule has 2 aliphatic heterocycles. The zero-order valence-corrected chi connectivity index (χ0v) is 13.1. The molecule has 0 aromatic rings. The van der Waals surface area contributed by atoms with Crippen LogP contribution in [-0.2, 0) is 0 Å². The van der Waals surface area contributed by atoms with Gasteiger partial charge in [-0.15, -0.1) is 0 Å². The first-order valence-electron chi connectivity index (χ1n) is 7.73. The van der Waals surface area contributed by atoms with Crippen LogP contribution in [0, 0.1) is 11.8 Å². The van der Waals surface area contributed by atoms with Crippen LogP contribution in [0.3, 0.4) is 0 Å². The molecule has 18 heavy (non-hydrogen) atoms. The summed E-state index contributed by atoms with van der Waals surface area (Å²) in [6.07, 6.45) is 4.21. The van der Waals surface area contributed by atoms with Crippen LogP contribution >= 0.6 is 11.8 Å². The topological polar surface area (TPSA) is 15.3 Å². The van der Waals surface area contributed by atoms with Gasteiger partial charge < -0.3 is 10.2 Å². The van der Waals surface area contributed by atoms with Gasteiger partial charge in [-0.3, -0.25) is 0 Å². The molecule has 3 heteroatoms. The second kappa shape index (κ2) is 7.16. The lowest BCUT2D eigenvalue weighted by atomic mass is 9.85. The minimum absolute atomic E-state index is 0.820. The van der Waals surface area contributed by atoms with Crippen molar-refractivity contribution in [1.82, 2.24) is 10.2 Å². The molecule has 0 aliphatic carbocycles. The van der Waals surface area contributed by atoms with Gasteiger partial charge in [0.25, 0.3) is 0 Å². The molecule has 0 aromatic heterocycles. The summed E-state index contributed by atoms with van der Waals surface area (Å²) in [5.74, 6) is 1.81. The van der Waals surface area contributed by atoms with Crippen molar-refractivity contribution in [2.24, 2.45) is 11.8 Å². The summed E-state index contributed by atoms with van der Waals surface area (Å²) in [5.41, 5.74) is 0. The van der Waals surface area contributed by atoms with Gasteiger partial charge in [-0.2, -0.15) is 11.8 Å². The number of hydrogen-bond acceptors (Lipinski definition) is 3. The average molecular weight is 270 g/mol. The maximum atomic E-state index is 3.55. The molecule has 4 unspecified atom stereocenters. The van der Waals surface area contributed by atoms with Crippen molar-refractivity contribution >= 4 is 11.8 Å². The van der Waals surface area contributed by atoms with Crippen molar-refractivity contribution in [2.75, 3.05) is 32.7 Å². The van der Waals surface area contributed by atoms with Gasteiger partial charge in [0.2, 0.25) is 0 Å². The van der Waals surface area contributed by atoms with E-state index in [2.05, 4.69) is 42.7 Å². The van der Waals surface area contributed by atoms with Crippen LogP contribution in [0.15, 0.2) is 0 Å². The lowest BCUT2D eigenvalue weighted by Gasteiger charge is -2.36. The Kier molecular flexibility index (Phi) is 5.84. The molecule has 2 heterocycles. The van der Waals surface area contributed by atoms with E-state index in [0.717, 1.165) is 22.3 Å². The van der Waals surface area contributed by atoms with Crippen LogP contribution in [0.4, 0.5) is 0 Å². The fourth-order valence-corrected chi connectivity index (χ4v) is 4.84. The van der Waals surface area contributed by atoms with Gasteiger partial charge in [0.1, 0.15) is 0 Å². The van der Waals surface area contributed by atoms with Crippen LogP contribution in [0.1, 0.15) is 40.0 Å². The molecule has 2 saturated heterocycles. The standard InChI is InChI=1S/C15H30N2S/c1-12(15-5-4-7-16-9-15)6-8-17-10-13(2)18-14(3)11-17/h12-16H,4-11H2,1-3H3. The molecular weight excluding hydrogens is 240 g/mol.